The maximum absolute atomic E-state index is 13.0. The van der Waals surface area contributed by atoms with Crippen LogP contribution in [0.2, 0.25) is 0 Å². The number of aliphatic hydroxyl groups is 1. The number of benzene rings is 3. The third-order valence-corrected chi connectivity index (χ3v) is 5.52. The van der Waals surface area contributed by atoms with Crippen LogP contribution in [0.1, 0.15) is 17.2 Å². The Balaban J connectivity index is 1.96. The van der Waals surface area contributed by atoms with Crippen molar-refractivity contribution in [1.82, 2.24) is 0 Å². The van der Waals surface area contributed by atoms with Gasteiger partial charge in [-0.05, 0) is 29.8 Å². The number of hydrogen-bond acceptors (Lipinski definition) is 5. The lowest BCUT2D eigenvalue weighted by Gasteiger charge is -2.25. The fourth-order valence-corrected chi connectivity index (χ4v) is 3.84. The third kappa shape index (κ3) is 3.73. The molecule has 0 aromatic heterocycles. The van der Waals surface area contributed by atoms with Crippen LogP contribution in [0.25, 0.3) is 5.76 Å². The van der Waals surface area contributed by atoms with Crippen LogP contribution in [0.15, 0.2) is 88.9 Å². The third-order valence-electron chi connectivity index (χ3n) is 4.99. The van der Waals surface area contributed by atoms with Gasteiger partial charge in [-0.15, -0.1) is 0 Å². The van der Waals surface area contributed by atoms with Gasteiger partial charge in [0.25, 0.3) is 17.4 Å². The summed E-state index contributed by atoms with van der Waals surface area (Å²) in [5.74, 6) is -2.03. The molecule has 1 N–H and O–H groups in total. The molecule has 1 atom stereocenters. The van der Waals surface area contributed by atoms with Gasteiger partial charge in [-0.2, -0.15) is 0 Å². The van der Waals surface area contributed by atoms with E-state index in [-0.39, 0.29) is 17.0 Å². The molecule has 1 heterocycles. The maximum Gasteiger partial charge on any atom is 0.300 e. The first-order valence-electron chi connectivity index (χ1n) is 9.25. The Labute approximate surface area is 185 Å². The fourth-order valence-electron chi connectivity index (χ4n) is 3.57. The van der Waals surface area contributed by atoms with Crippen molar-refractivity contribution >= 4 is 44.8 Å². The van der Waals surface area contributed by atoms with Crippen molar-refractivity contribution in [3.8, 4) is 0 Å². The lowest BCUT2D eigenvalue weighted by atomic mass is 9.95. The van der Waals surface area contributed by atoms with Gasteiger partial charge in [0, 0.05) is 27.9 Å². The highest BCUT2D eigenvalue weighted by atomic mass is 79.9. The van der Waals surface area contributed by atoms with E-state index in [9.17, 15) is 24.8 Å². The molecule has 0 saturated carbocycles. The summed E-state index contributed by atoms with van der Waals surface area (Å²) in [5.41, 5.74) is 0.827. The highest BCUT2D eigenvalue weighted by Gasteiger charge is 2.47. The lowest BCUT2D eigenvalue weighted by Crippen LogP contribution is -2.29. The van der Waals surface area contributed by atoms with Crippen LogP contribution in [0.5, 0.6) is 0 Å². The molecule has 31 heavy (non-hydrogen) atoms. The minimum Gasteiger partial charge on any atom is -0.507 e. The number of hydrogen-bond donors (Lipinski definition) is 1. The minimum atomic E-state index is -1.02. The normalized spacial score (nSPS) is 17.7. The number of anilines is 1. The summed E-state index contributed by atoms with van der Waals surface area (Å²) in [4.78, 5) is 38.0. The zero-order valence-electron chi connectivity index (χ0n) is 15.9. The number of nitrogens with zero attached hydrogens (tertiary/aromatic N) is 2. The van der Waals surface area contributed by atoms with Crippen LogP contribution in [0.3, 0.4) is 0 Å². The number of para-hydroxylation sites is 1. The molecule has 8 heteroatoms. The quantitative estimate of drug-likeness (QED) is 0.187. The van der Waals surface area contributed by atoms with Crippen molar-refractivity contribution in [1.29, 1.82) is 0 Å². The average molecular weight is 479 g/mol. The van der Waals surface area contributed by atoms with Crippen molar-refractivity contribution < 1.29 is 19.6 Å². The van der Waals surface area contributed by atoms with E-state index in [1.807, 2.05) is 0 Å². The van der Waals surface area contributed by atoms with E-state index in [1.165, 1.54) is 23.1 Å². The molecule has 3 aromatic carbocycles. The monoisotopic (exact) mass is 478 g/mol. The summed E-state index contributed by atoms with van der Waals surface area (Å²) in [6.45, 7) is 0. The van der Waals surface area contributed by atoms with Crippen molar-refractivity contribution in [2.45, 2.75) is 6.04 Å². The summed E-state index contributed by atoms with van der Waals surface area (Å²) in [7, 11) is 0. The van der Waals surface area contributed by atoms with Gasteiger partial charge in [-0.3, -0.25) is 24.6 Å². The predicted molar refractivity (Wildman–Crippen MR) is 118 cm³/mol. The number of non-ortho nitro benzene ring substituents is 1. The van der Waals surface area contributed by atoms with Gasteiger partial charge in [0.15, 0.2) is 0 Å². The maximum atomic E-state index is 13.0. The second kappa shape index (κ2) is 8.16. The molecule has 1 fully saturated rings. The zero-order valence-corrected chi connectivity index (χ0v) is 17.5. The number of halogens is 1. The van der Waals surface area contributed by atoms with Crippen LogP contribution in [0, 0.1) is 10.1 Å². The molecule has 1 saturated heterocycles. The van der Waals surface area contributed by atoms with E-state index in [0.717, 1.165) is 4.47 Å². The van der Waals surface area contributed by atoms with Gasteiger partial charge in [-0.1, -0.05) is 58.4 Å². The Hall–Kier alpha value is -3.78. The number of nitro benzene ring substituents is 1. The summed E-state index contributed by atoms with van der Waals surface area (Å²) in [6, 6.07) is 19.8. The summed E-state index contributed by atoms with van der Waals surface area (Å²) in [5, 5.41) is 22.3. The van der Waals surface area contributed by atoms with E-state index in [2.05, 4.69) is 15.9 Å². The number of rotatable bonds is 4. The number of carbonyl (C=O) groups is 2. The second-order valence-corrected chi connectivity index (χ2v) is 7.78. The molecule has 0 aliphatic carbocycles. The first kappa shape index (κ1) is 20.5. The highest BCUT2D eigenvalue weighted by Crippen LogP contribution is 2.42. The van der Waals surface area contributed by atoms with Crippen molar-refractivity contribution in [3.05, 3.63) is 110 Å². The average Bonchev–Trinajstić information content (AvgIpc) is 3.05. The Bertz CT molecular complexity index is 1220. The van der Waals surface area contributed by atoms with Crippen LogP contribution < -0.4 is 4.90 Å². The molecule has 1 aliphatic rings. The molecule has 3 aromatic rings. The number of aliphatic hydroxyl groups excluding tert-OH is 1. The SMILES string of the molecule is O=C1C(=O)N(c2ccccc2)[C@H](c2cccc([N+](=O)[O-])c2)C1=C(O)c1ccc(Br)cc1. The van der Waals surface area contributed by atoms with Crippen LogP contribution >= 0.6 is 15.9 Å². The summed E-state index contributed by atoms with van der Waals surface area (Å²) >= 11 is 3.32. The van der Waals surface area contributed by atoms with E-state index >= 15 is 0 Å². The molecule has 0 spiro atoms. The standard InChI is InChI=1S/C23H15BrN2O5/c24-16-11-9-14(10-12-16)21(27)19-20(15-5-4-8-18(13-15)26(30)31)25(23(29)22(19)28)17-6-2-1-3-7-17/h1-13,20,27H/t20-/m1/s1. The van der Waals surface area contributed by atoms with Crippen molar-refractivity contribution in [3.63, 3.8) is 0 Å². The molecule has 154 valence electrons. The van der Waals surface area contributed by atoms with Gasteiger partial charge in [0.05, 0.1) is 16.5 Å². The Kier molecular flexibility index (Phi) is 5.39. The number of ketones is 1. The number of nitro groups is 1. The van der Waals surface area contributed by atoms with E-state index in [1.54, 1.807) is 60.7 Å². The molecule has 0 radical (unpaired) electrons. The van der Waals surface area contributed by atoms with Crippen molar-refractivity contribution in [2.75, 3.05) is 4.90 Å². The van der Waals surface area contributed by atoms with Gasteiger partial charge in [0.2, 0.25) is 0 Å². The summed E-state index contributed by atoms with van der Waals surface area (Å²) < 4.78 is 0.782. The number of Topliss-reactive ketones (excluding diaryl/α,β-unsaturated/α-hetero) is 1. The first-order valence-corrected chi connectivity index (χ1v) is 10.0. The molecule has 4 rings (SSSR count). The van der Waals surface area contributed by atoms with Gasteiger partial charge in [-0.25, -0.2) is 0 Å². The zero-order chi connectivity index (χ0) is 22.1. The predicted octanol–water partition coefficient (Wildman–Crippen LogP) is 4.98. The van der Waals surface area contributed by atoms with Gasteiger partial charge < -0.3 is 5.11 Å². The molecule has 7 nitrogen and oxygen atoms in total. The Morgan fingerprint density at radius 2 is 1.65 bits per heavy atom. The van der Waals surface area contributed by atoms with E-state index in [4.69, 9.17) is 0 Å². The molecule has 0 bridgehead atoms. The molecular formula is C23H15BrN2O5. The fraction of sp³-hybridized carbons (Fsp3) is 0.0435. The highest BCUT2D eigenvalue weighted by molar-refractivity contribution is 9.10. The Morgan fingerprint density at radius 3 is 2.29 bits per heavy atom. The van der Waals surface area contributed by atoms with Crippen LogP contribution in [-0.2, 0) is 9.59 Å². The summed E-state index contributed by atoms with van der Waals surface area (Å²) in [6.07, 6.45) is 0. The van der Waals surface area contributed by atoms with E-state index in [0.29, 0.717) is 16.8 Å². The molecule has 0 unspecified atom stereocenters. The minimum absolute atomic E-state index is 0.128. The molecule has 1 amide bonds. The van der Waals surface area contributed by atoms with Crippen LogP contribution in [-0.4, -0.2) is 21.7 Å². The first-order chi connectivity index (χ1) is 14.9. The van der Waals surface area contributed by atoms with Gasteiger partial charge in [0.1, 0.15) is 5.76 Å². The topological polar surface area (TPSA) is 101 Å². The Morgan fingerprint density at radius 1 is 0.968 bits per heavy atom. The van der Waals surface area contributed by atoms with Gasteiger partial charge >= 0.3 is 0 Å². The number of carbonyl (C=O) groups excluding carboxylic acids is 2. The van der Waals surface area contributed by atoms with Crippen LogP contribution in [0.4, 0.5) is 11.4 Å². The second-order valence-electron chi connectivity index (χ2n) is 6.86. The largest absolute Gasteiger partial charge is 0.507 e. The molecule has 1 aliphatic heterocycles. The number of amides is 1. The lowest BCUT2D eigenvalue weighted by molar-refractivity contribution is -0.384. The smallest absolute Gasteiger partial charge is 0.300 e. The van der Waals surface area contributed by atoms with Crippen molar-refractivity contribution in [2.24, 2.45) is 0 Å². The van der Waals surface area contributed by atoms with E-state index < -0.39 is 22.7 Å². The molecular weight excluding hydrogens is 464 g/mol.